The lowest BCUT2D eigenvalue weighted by Crippen LogP contribution is -2.39. The lowest BCUT2D eigenvalue weighted by molar-refractivity contribution is -0.139. The van der Waals surface area contributed by atoms with Crippen LogP contribution in [-0.4, -0.2) is 38.3 Å². The number of hydrogen-bond donors (Lipinski definition) is 0. The Morgan fingerprint density at radius 2 is 1.88 bits per heavy atom. The van der Waals surface area contributed by atoms with Crippen molar-refractivity contribution in [1.29, 1.82) is 0 Å². The Morgan fingerprint density at radius 3 is 2.56 bits per heavy atom. The van der Waals surface area contributed by atoms with E-state index in [-0.39, 0.29) is 18.8 Å². The number of anilines is 1. The minimum absolute atomic E-state index is 0.215. The summed E-state index contributed by atoms with van der Waals surface area (Å²) in [5, 5.41) is 0.585. The van der Waals surface area contributed by atoms with Gasteiger partial charge in [0.25, 0.3) is 5.56 Å². The molecule has 0 saturated heterocycles. The summed E-state index contributed by atoms with van der Waals surface area (Å²) in [6.07, 6.45) is 1.82. The Kier molecular flexibility index (Phi) is 9.03. The summed E-state index contributed by atoms with van der Waals surface area (Å²) < 4.78 is 19.0. The smallest absolute Gasteiger partial charge is 0.338 e. The third-order valence-corrected chi connectivity index (χ3v) is 8.25. The van der Waals surface area contributed by atoms with Crippen molar-refractivity contribution in [2.45, 2.75) is 26.5 Å². The van der Waals surface area contributed by atoms with Crippen molar-refractivity contribution in [1.82, 2.24) is 4.57 Å². The highest BCUT2D eigenvalue weighted by atomic mass is 35.5. The molecule has 222 valence electrons. The highest BCUT2D eigenvalue weighted by Gasteiger charge is 2.33. The quantitative estimate of drug-likeness (QED) is 0.243. The molecule has 1 aromatic heterocycles. The van der Waals surface area contributed by atoms with Crippen LogP contribution >= 0.6 is 22.9 Å². The molecule has 0 amide bonds. The monoisotopic (exact) mass is 617 g/mol. The first-order valence-corrected chi connectivity index (χ1v) is 14.9. The van der Waals surface area contributed by atoms with Gasteiger partial charge in [0.1, 0.15) is 18.1 Å². The van der Waals surface area contributed by atoms with E-state index >= 15 is 0 Å². The molecule has 0 bridgehead atoms. The first-order valence-electron chi connectivity index (χ1n) is 13.7. The molecule has 2 heterocycles. The normalized spacial score (nSPS) is 14.7. The Hall–Kier alpha value is -4.34. The van der Waals surface area contributed by atoms with Gasteiger partial charge in [0.15, 0.2) is 4.80 Å². The van der Waals surface area contributed by atoms with Crippen LogP contribution in [0.2, 0.25) is 5.02 Å². The number of nitrogens with zero attached hydrogens (tertiary/aromatic N) is 3. The van der Waals surface area contributed by atoms with Gasteiger partial charge in [0, 0.05) is 30.4 Å². The van der Waals surface area contributed by atoms with E-state index in [9.17, 15) is 9.59 Å². The van der Waals surface area contributed by atoms with Crippen LogP contribution in [0.25, 0.3) is 6.08 Å². The zero-order valence-electron chi connectivity index (χ0n) is 24.6. The number of carbonyl (C=O) groups is 1. The molecule has 4 aromatic rings. The molecule has 0 fully saturated rings. The molecule has 1 aliphatic heterocycles. The average molecular weight is 618 g/mol. The fourth-order valence-electron chi connectivity index (χ4n) is 4.93. The number of aromatic nitrogens is 1. The molecule has 0 spiro atoms. The lowest BCUT2D eigenvalue weighted by atomic mass is 9.95. The first-order chi connectivity index (χ1) is 20.7. The van der Waals surface area contributed by atoms with E-state index in [1.54, 1.807) is 37.7 Å². The summed E-state index contributed by atoms with van der Waals surface area (Å²) in [5.41, 5.74) is 4.03. The molecule has 1 aliphatic rings. The van der Waals surface area contributed by atoms with Crippen molar-refractivity contribution < 1.29 is 19.0 Å². The van der Waals surface area contributed by atoms with Gasteiger partial charge in [-0.1, -0.05) is 47.2 Å². The fraction of sp³-hybridized carbons (Fsp3) is 0.242. The molecule has 43 heavy (non-hydrogen) atoms. The third-order valence-electron chi connectivity index (χ3n) is 7.03. The van der Waals surface area contributed by atoms with Crippen molar-refractivity contribution >= 4 is 40.7 Å². The molecule has 0 radical (unpaired) electrons. The topological polar surface area (TPSA) is 82.4 Å². The van der Waals surface area contributed by atoms with Gasteiger partial charge < -0.3 is 19.1 Å². The summed E-state index contributed by atoms with van der Waals surface area (Å²) in [7, 11) is 5.52. The predicted octanol–water partition coefficient (Wildman–Crippen LogP) is 5.11. The number of esters is 1. The van der Waals surface area contributed by atoms with Crippen molar-refractivity contribution in [3.8, 4) is 11.5 Å². The summed E-state index contributed by atoms with van der Waals surface area (Å²) in [5.74, 6) is 0.815. The van der Waals surface area contributed by atoms with E-state index in [1.165, 1.54) is 11.3 Å². The van der Waals surface area contributed by atoms with E-state index in [0.717, 1.165) is 22.4 Å². The zero-order chi connectivity index (χ0) is 30.7. The standard InChI is InChI=1S/C33H32ClN3O5S/c1-6-41-32(39)29-20(2)35-33-37(30(29)22-11-13-25(14-12-22)36(3)4)31(38)28(43-33)17-21-10-15-27(40-5)23(16-21)19-42-26-9-7-8-24(34)18-26/h7-18,30H,6,19H2,1-5H3/b28-17+/t30-/m1/s1. The molecule has 0 saturated carbocycles. The van der Waals surface area contributed by atoms with E-state index < -0.39 is 12.0 Å². The predicted molar refractivity (Wildman–Crippen MR) is 170 cm³/mol. The number of benzene rings is 3. The Morgan fingerprint density at radius 1 is 1.12 bits per heavy atom. The van der Waals surface area contributed by atoms with Crippen LogP contribution < -0.4 is 29.3 Å². The van der Waals surface area contributed by atoms with Crippen LogP contribution in [0.3, 0.4) is 0 Å². The highest BCUT2D eigenvalue weighted by Crippen LogP contribution is 2.32. The minimum atomic E-state index is -0.675. The number of carbonyl (C=O) groups excluding carboxylic acids is 1. The molecular formula is C33H32ClN3O5S. The maximum Gasteiger partial charge on any atom is 0.338 e. The van der Waals surface area contributed by atoms with Crippen LogP contribution in [0.4, 0.5) is 5.69 Å². The van der Waals surface area contributed by atoms with Crippen LogP contribution in [0.5, 0.6) is 11.5 Å². The number of halogens is 1. The minimum Gasteiger partial charge on any atom is -0.496 e. The third kappa shape index (κ3) is 6.38. The number of allylic oxidation sites excluding steroid dienone is 1. The van der Waals surface area contributed by atoms with Crippen molar-refractivity contribution in [2.75, 3.05) is 32.7 Å². The van der Waals surface area contributed by atoms with Gasteiger partial charge in [0.05, 0.1) is 35.6 Å². The van der Waals surface area contributed by atoms with E-state index in [1.807, 2.05) is 79.7 Å². The van der Waals surface area contributed by atoms with Gasteiger partial charge in [-0.05, 0) is 73.5 Å². The Bertz CT molecular complexity index is 1880. The zero-order valence-corrected chi connectivity index (χ0v) is 26.2. The fourth-order valence-corrected chi connectivity index (χ4v) is 6.16. The second-order valence-electron chi connectivity index (χ2n) is 10.1. The van der Waals surface area contributed by atoms with E-state index in [0.29, 0.717) is 37.1 Å². The molecule has 8 nitrogen and oxygen atoms in total. The van der Waals surface area contributed by atoms with Crippen molar-refractivity contribution in [2.24, 2.45) is 4.99 Å². The molecule has 0 unspecified atom stereocenters. The second-order valence-corrected chi connectivity index (χ2v) is 11.6. The summed E-state index contributed by atoms with van der Waals surface area (Å²) in [6.45, 7) is 4.00. The summed E-state index contributed by atoms with van der Waals surface area (Å²) in [4.78, 5) is 34.3. The van der Waals surface area contributed by atoms with Crippen molar-refractivity contribution in [3.63, 3.8) is 0 Å². The molecule has 5 rings (SSSR count). The molecule has 0 N–H and O–H groups in total. The number of hydrogen-bond acceptors (Lipinski definition) is 8. The van der Waals surface area contributed by atoms with Crippen LogP contribution in [0.15, 0.2) is 87.8 Å². The van der Waals surface area contributed by atoms with Gasteiger partial charge in [0.2, 0.25) is 0 Å². The van der Waals surface area contributed by atoms with Crippen molar-refractivity contribution in [3.05, 3.63) is 119 Å². The Balaban J connectivity index is 1.58. The van der Waals surface area contributed by atoms with Gasteiger partial charge in [-0.3, -0.25) is 9.36 Å². The molecule has 1 atom stereocenters. The number of thiazole rings is 1. The Labute approximate surface area is 258 Å². The largest absolute Gasteiger partial charge is 0.496 e. The second kappa shape index (κ2) is 12.9. The van der Waals surface area contributed by atoms with Gasteiger partial charge >= 0.3 is 5.97 Å². The van der Waals surface area contributed by atoms with E-state index in [2.05, 4.69) is 4.99 Å². The molecule has 3 aromatic carbocycles. The van der Waals surface area contributed by atoms with Gasteiger partial charge in [-0.15, -0.1) is 0 Å². The molecule has 0 aliphatic carbocycles. The number of fused-ring (bicyclic) bond motifs is 1. The van der Waals surface area contributed by atoms with Crippen LogP contribution in [0, 0.1) is 0 Å². The van der Waals surface area contributed by atoms with Gasteiger partial charge in [-0.2, -0.15) is 0 Å². The van der Waals surface area contributed by atoms with Crippen LogP contribution in [0.1, 0.15) is 36.6 Å². The maximum absolute atomic E-state index is 14.0. The molecule has 10 heteroatoms. The number of ether oxygens (including phenoxy) is 3. The summed E-state index contributed by atoms with van der Waals surface area (Å²) >= 11 is 7.38. The molecular weight excluding hydrogens is 586 g/mol. The van der Waals surface area contributed by atoms with Crippen LogP contribution in [-0.2, 0) is 16.1 Å². The first kappa shape index (κ1) is 30.1. The summed E-state index contributed by atoms with van der Waals surface area (Å²) in [6, 6.07) is 20.0. The number of rotatable bonds is 9. The van der Waals surface area contributed by atoms with E-state index in [4.69, 9.17) is 25.8 Å². The highest BCUT2D eigenvalue weighted by molar-refractivity contribution is 7.07. The lowest BCUT2D eigenvalue weighted by Gasteiger charge is -2.25. The SMILES string of the molecule is CCOC(=O)C1=C(C)N=c2s/c(=C/c3ccc(OC)c(COc4cccc(Cl)c4)c3)c(=O)n2[C@@H]1c1ccc(N(C)C)cc1. The number of methoxy groups -OCH3 is 1. The average Bonchev–Trinajstić information content (AvgIpc) is 3.29. The van der Waals surface area contributed by atoms with Gasteiger partial charge in [-0.25, -0.2) is 9.79 Å². The maximum atomic E-state index is 14.0.